The zero-order chi connectivity index (χ0) is 17.9. The highest BCUT2D eigenvalue weighted by atomic mass is 32.2. The Balaban J connectivity index is 1.85. The molecule has 0 aromatic carbocycles. The largest absolute Gasteiger partial charge is 0.361 e. The maximum atomic E-state index is 12.2. The molecular weight excluding hydrogens is 330 g/mol. The van der Waals surface area contributed by atoms with Crippen LogP contribution in [0.1, 0.15) is 30.9 Å². The van der Waals surface area contributed by atoms with E-state index in [9.17, 15) is 13.2 Å². The first-order valence-corrected chi connectivity index (χ1v) is 10.1. The molecule has 0 aliphatic carbocycles. The molecule has 1 aliphatic heterocycles. The number of nitrogens with zero attached hydrogens (tertiary/aromatic N) is 3. The molecule has 0 unspecified atom stereocenters. The Morgan fingerprint density at radius 2 is 1.83 bits per heavy atom. The van der Waals surface area contributed by atoms with Gasteiger partial charge in [-0.3, -0.25) is 9.69 Å². The third kappa shape index (κ3) is 5.04. The molecular formula is C16H27N3O4S. The molecule has 0 saturated carbocycles. The second-order valence-electron chi connectivity index (χ2n) is 6.91. The van der Waals surface area contributed by atoms with Crippen molar-refractivity contribution in [3.8, 4) is 0 Å². The van der Waals surface area contributed by atoms with E-state index in [1.54, 1.807) is 4.90 Å². The molecule has 7 nitrogen and oxygen atoms in total. The number of aryl methyl sites for hydroxylation is 2. The van der Waals surface area contributed by atoms with Crippen molar-refractivity contribution < 1.29 is 17.7 Å². The van der Waals surface area contributed by atoms with Crippen molar-refractivity contribution >= 4 is 15.7 Å². The van der Waals surface area contributed by atoms with Crippen LogP contribution >= 0.6 is 0 Å². The molecule has 1 aromatic rings. The second kappa shape index (κ2) is 7.65. The molecule has 0 N–H and O–H groups in total. The van der Waals surface area contributed by atoms with Crippen LogP contribution in [0.15, 0.2) is 4.52 Å². The Morgan fingerprint density at radius 1 is 1.21 bits per heavy atom. The van der Waals surface area contributed by atoms with Gasteiger partial charge in [-0.25, -0.2) is 8.42 Å². The topological polar surface area (TPSA) is 83.7 Å². The standard InChI is InChI=1S/C16H27N3O4S/c1-12(2)10-24(21,22)11-16(20)19-7-5-18(6-8-19)9-15-13(3)17-23-14(15)4/h12H,5-11H2,1-4H3. The highest BCUT2D eigenvalue weighted by Crippen LogP contribution is 2.16. The van der Waals surface area contributed by atoms with Gasteiger partial charge in [-0.2, -0.15) is 0 Å². The van der Waals surface area contributed by atoms with Gasteiger partial charge >= 0.3 is 0 Å². The highest BCUT2D eigenvalue weighted by Gasteiger charge is 2.26. The smallest absolute Gasteiger partial charge is 0.237 e. The summed E-state index contributed by atoms with van der Waals surface area (Å²) in [5.41, 5.74) is 1.99. The Morgan fingerprint density at radius 3 is 2.33 bits per heavy atom. The summed E-state index contributed by atoms with van der Waals surface area (Å²) >= 11 is 0. The van der Waals surface area contributed by atoms with Crippen LogP contribution in [0.2, 0.25) is 0 Å². The van der Waals surface area contributed by atoms with Crippen molar-refractivity contribution in [2.24, 2.45) is 5.92 Å². The molecule has 1 fully saturated rings. The molecule has 1 saturated heterocycles. The van der Waals surface area contributed by atoms with Crippen molar-refractivity contribution in [2.75, 3.05) is 37.7 Å². The Labute approximate surface area is 143 Å². The van der Waals surface area contributed by atoms with Gasteiger partial charge < -0.3 is 9.42 Å². The molecule has 24 heavy (non-hydrogen) atoms. The fourth-order valence-corrected chi connectivity index (χ4v) is 4.65. The monoisotopic (exact) mass is 357 g/mol. The molecule has 0 spiro atoms. The summed E-state index contributed by atoms with van der Waals surface area (Å²) in [6.07, 6.45) is 0. The average Bonchev–Trinajstić information content (AvgIpc) is 2.78. The molecule has 0 bridgehead atoms. The van der Waals surface area contributed by atoms with Crippen LogP contribution in [0.5, 0.6) is 0 Å². The van der Waals surface area contributed by atoms with Gasteiger partial charge in [-0.1, -0.05) is 19.0 Å². The molecule has 1 aromatic heterocycles. The van der Waals surface area contributed by atoms with Crippen LogP contribution in [0.3, 0.4) is 0 Å². The molecule has 2 rings (SSSR count). The molecule has 0 atom stereocenters. The maximum Gasteiger partial charge on any atom is 0.237 e. The van der Waals surface area contributed by atoms with Crippen LogP contribution in [0, 0.1) is 19.8 Å². The summed E-state index contributed by atoms with van der Waals surface area (Å²) in [5, 5.41) is 3.96. The predicted molar refractivity (Wildman–Crippen MR) is 91.3 cm³/mol. The van der Waals surface area contributed by atoms with Crippen LogP contribution in [-0.2, 0) is 21.2 Å². The van der Waals surface area contributed by atoms with E-state index in [1.165, 1.54) is 0 Å². The summed E-state index contributed by atoms with van der Waals surface area (Å²) < 4.78 is 29.1. The normalized spacial score (nSPS) is 16.8. The zero-order valence-electron chi connectivity index (χ0n) is 14.9. The van der Waals surface area contributed by atoms with Gasteiger partial charge in [0.25, 0.3) is 0 Å². The number of piperazine rings is 1. The minimum absolute atomic E-state index is 0.0368. The lowest BCUT2D eigenvalue weighted by Gasteiger charge is -2.34. The first-order valence-electron chi connectivity index (χ1n) is 8.30. The van der Waals surface area contributed by atoms with E-state index >= 15 is 0 Å². The summed E-state index contributed by atoms with van der Waals surface area (Å²) in [6, 6.07) is 0. The minimum Gasteiger partial charge on any atom is -0.361 e. The fourth-order valence-electron chi connectivity index (χ4n) is 2.95. The first-order chi connectivity index (χ1) is 11.2. The van der Waals surface area contributed by atoms with Gasteiger partial charge in [0.1, 0.15) is 11.5 Å². The lowest BCUT2D eigenvalue weighted by molar-refractivity contribution is -0.130. The molecule has 8 heteroatoms. The Kier molecular flexibility index (Phi) is 6.03. The van der Waals surface area contributed by atoms with E-state index < -0.39 is 9.84 Å². The summed E-state index contributed by atoms with van der Waals surface area (Å²) in [4.78, 5) is 16.1. The highest BCUT2D eigenvalue weighted by molar-refractivity contribution is 7.92. The third-order valence-corrected chi connectivity index (χ3v) is 6.08. The second-order valence-corrected chi connectivity index (χ2v) is 9.02. The Hall–Kier alpha value is -1.41. The van der Waals surface area contributed by atoms with Gasteiger partial charge in [-0.05, 0) is 19.8 Å². The predicted octanol–water partition coefficient (Wildman–Crippen LogP) is 1.01. The van der Waals surface area contributed by atoms with Crippen LogP contribution < -0.4 is 0 Å². The third-order valence-electron chi connectivity index (χ3n) is 4.22. The van der Waals surface area contributed by atoms with Crippen LogP contribution in [-0.4, -0.2) is 67.0 Å². The number of hydrogen-bond donors (Lipinski definition) is 0. The van der Waals surface area contributed by atoms with Crippen molar-refractivity contribution in [3.05, 3.63) is 17.0 Å². The first kappa shape index (κ1) is 18.9. The van der Waals surface area contributed by atoms with Crippen molar-refractivity contribution in [1.82, 2.24) is 15.0 Å². The number of rotatable bonds is 6. The quantitative estimate of drug-likeness (QED) is 0.755. The van der Waals surface area contributed by atoms with Crippen molar-refractivity contribution in [1.29, 1.82) is 0 Å². The Bertz CT molecular complexity index is 654. The fraction of sp³-hybridized carbons (Fsp3) is 0.750. The molecule has 2 heterocycles. The number of sulfone groups is 1. The van der Waals surface area contributed by atoms with E-state index in [4.69, 9.17) is 4.52 Å². The van der Waals surface area contributed by atoms with E-state index in [0.29, 0.717) is 13.1 Å². The van der Waals surface area contributed by atoms with E-state index in [0.717, 1.165) is 36.7 Å². The lowest BCUT2D eigenvalue weighted by atomic mass is 10.2. The number of amides is 1. The average molecular weight is 357 g/mol. The molecule has 1 aliphatic rings. The molecule has 0 radical (unpaired) electrons. The summed E-state index contributed by atoms with van der Waals surface area (Å²) in [6.45, 7) is 10.8. The number of hydrogen-bond acceptors (Lipinski definition) is 6. The SMILES string of the molecule is Cc1noc(C)c1CN1CCN(C(=O)CS(=O)(=O)CC(C)C)CC1. The summed E-state index contributed by atoms with van der Waals surface area (Å²) in [5.74, 6) is 0.257. The van der Waals surface area contributed by atoms with Gasteiger partial charge in [0.05, 0.1) is 11.4 Å². The van der Waals surface area contributed by atoms with Gasteiger partial charge in [0.2, 0.25) is 5.91 Å². The van der Waals surface area contributed by atoms with Crippen molar-refractivity contribution in [3.63, 3.8) is 0 Å². The van der Waals surface area contributed by atoms with Crippen molar-refractivity contribution in [2.45, 2.75) is 34.2 Å². The molecule has 1 amide bonds. The maximum absolute atomic E-state index is 12.2. The van der Waals surface area contributed by atoms with Gasteiger partial charge in [-0.15, -0.1) is 0 Å². The summed E-state index contributed by atoms with van der Waals surface area (Å²) in [7, 11) is -3.32. The van der Waals surface area contributed by atoms with Crippen LogP contribution in [0.4, 0.5) is 0 Å². The number of aromatic nitrogens is 1. The number of carbonyl (C=O) groups is 1. The minimum atomic E-state index is -3.32. The van der Waals surface area contributed by atoms with E-state index in [1.807, 2.05) is 27.7 Å². The zero-order valence-corrected chi connectivity index (χ0v) is 15.7. The van der Waals surface area contributed by atoms with Crippen LogP contribution in [0.25, 0.3) is 0 Å². The van der Waals surface area contributed by atoms with Gasteiger partial charge in [0.15, 0.2) is 9.84 Å². The molecule has 136 valence electrons. The van der Waals surface area contributed by atoms with Gasteiger partial charge in [0, 0.05) is 38.3 Å². The number of carbonyl (C=O) groups excluding carboxylic acids is 1. The lowest BCUT2D eigenvalue weighted by Crippen LogP contribution is -2.50. The van der Waals surface area contributed by atoms with E-state index in [2.05, 4.69) is 10.1 Å². The van der Waals surface area contributed by atoms with E-state index in [-0.39, 0.29) is 23.3 Å².